The molecule has 0 unspecified atom stereocenters. The third-order valence-electron chi connectivity index (χ3n) is 2.42. The van der Waals surface area contributed by atoms with Gasteiger partial charge in [-0.15, -0.1) is 0 Å². The highest BCUT2D eigenvalue weighted by Crippen LogP contribution is 2.12. The highest BCUT2D eigenvalue weighted by atomic mass is 16.6. The number of furan rings is 1. The number of amides is 1. The first-order valence-electron chi connectivity index (χ1n) is 6.34. The summed E-state index contributed by atoms with van der Waals surface area (Å²) in [6, 6.07) is 0.891. The van der Waals surface area contributed by atoms with Crippen LogP contribution in [0, 0.1) is 0 Å². The molecule has 1 rings (SSSR count). The molecule has 1 N–H and O–H groups in total. The van der Waals surface area contributed by atoms with Crippen LogP contribution in [0.2, 0.25) is 0 Å². The van der Waals surface area contributed by atoms with Crippen molar-refractivity contribution in [3.63, 3.8) is 0 Å². The van der Waals surface area contributed by atoms with Crippen molar-refractivity contribution in [2.24, 2.45) is 0 Å². The van der Waals surface area contributed by atoms with E-state index in [1.165, 1.54) is 6.26 Å². The fourth-order valence-electron chi connectivity index (χ4n) is 1.54. The summed E-state index contributed by atoms with van der Waals surface area (Å²) in [6.45, 7) is 8.84. The molecule has 0 aliphatic carbocycles. The number of rotatable bonds is 4. The molecule has 106 valence electrons. The summed E-state index contributed by atoms with van der Waals surface area (Å²) < 4.78 is 10.4. The largest absolute Gasteiger partial charge is 0.469 e. The van der Waals surface area contributed by atoms with Gasteiger partial charge in [0.1, 0.15) is 17.4 Å². The van der Waals surface area contributed by atoms with Gasteiger partial charge in [0.15, 0.2) is 0 Å². The van der Waals surface area contributed by atoms with E-state index >= 15 is 0 Å². The Kier molecular flexibility index (Phi) is 4.75. The Morgan fingerprint density at radius 1 is 1.42 bits per heavy atom. The number of aryl methyl sites for hydroxylation is 1. The van der Waals surface area contributed by atoms with Crippen molar-refractivity contribution < 1.29 is 18.7 Å². The number of nitrogens with one attached hydrogen (secondary N) is 1. The Morgan fingerprint density at radius 2 is 2.05 bits per heavy atom. The van der Waals surface area contributed by atoms with Gasteiger partial charge in [0, 0.05) is 6.42 Å². The smallest absolute Gasteiger partial charge is 0.328 e. The van der Waals surface area contributed by atoms with Gasteiger partial charge in [-0.05, 0) is 33.8 Å². The Labute approximate surface area is 113 Å². The van der Waals surface area contributed by atoms with E-state index in [0.717, 1.165) is 0 Å². The molecular formula is C14H21NO4. The van der Waals surface area contributed by atoms with Gasteiger partial charge >= 0.3 is 5.97 Å². The molecule has 0 aliphatic rings. The maximum Gasteiger partial charge on any atom is 0.328 e. The van der Waals surface area contributed by atoms with Crippen molar-refractivity contribution in [1.29, 1.82) is 0 Å². The van der Waals surface area contributed by atoms with E-state index in [2.05, 4.69) is 5.32 Å². The van der Waals surface area contributed by atoms with E-state index < -0.39 is 17.6 Å². The standard InChI is InChI=1S/C14H21NO4/c1-6-11-10(7-8-18-11)12(16)15-9(2)13(17)19-14(3,4)5/h7-9H,6H2,1-5H3,(H,15,16)/t9-/m0/s1. The molecule has 0 aliphatic heterocycles. The number of carbonyl (C=O) groups is 2. The normalized spacial score (nSPS) is 12.9. The second kappa shape index (κ2) is 5.91. The summed E-state index contributed by atoms with van der Waals surface area (Å²) in [4.78, 5) is 23.7. The minimum Gasteiger partial charge on any atom is -0.469 e. The summed E-state index contributed by atoms with van der Waals surface area (Å²) in [5.41, 5.74) is -0.113. The Hall–Kier alpha value is -1.78. The zero-order valence-electron chi connectivity index (χ0n) is 12.1. The number of hydrogen-bond donors (Lipinski definition) is 1. The van der Waals surface area contributed by atoms with E-state index in [-0.39, 0.29) is 5.91 Å². The molecule has 19 heavy (non-hydrogen) atoms. The Balaban J connectivity index is 2.64. The summed E-state index contributed by atoms with van der Waals surface area (Å²) in [5.74, 6) is -0.180. The minimum atomic E-state index is -0.702. The fraction of sp³-hybridized carbons (Fsp3) is 0.571. The third kappa shape index (κ3) is 4.43. The Morgan fingerprint density at radius 3 is 2.58 bits per heavy atom. The highest BCUT2D eigenvalue weighted by molar-refractivity contribution is 5.97. The zero-order valence-corrected chi connectivity index (χ0v) is 12.1. The monoisotopic (exact) mass is 267 g/mol. The van der Waals surface area contributed by atoms with Crippen molar-refractivity contribution in [2.45, 2.75) is 52.7 Å². The molecule has 1 heterocycles. The van der Waals surface area contributed by atoms with Crippen molar-refractivity contribution in [3.05, 3.63) is 23.7 Å². The first-order chi connectivity index (χ1) is 8.74. The molecule has 0 fully saturated rings. The van der Waals surface area contributed by atoms with Crippen LogP contribution in [-0.4, -0.2) is 23.5 Å². The molecule has 5 nitrogen and oxygen atoms in total. The van der Waals surface area contributed by atoms with Crippen molar-refractivity contribution >= 4 is 11.9 Å². The Bertz CT molecular complexity index is 456. The van der Waals surface area contributed by atoms with Crippen molar-refractivity contribution in [2.75, 3.05) is 0 Å². The topological polar surface area (TPSA) is 68.5 Å². The lowest BCUT2D eigenvalue weighted by Crippen LogP contribution is -2.42. The van der Waals surface area contributed by atoms with Crippen LogP contribution in [0.3, 0.4) is 0 Å². The average molecular weight is 267 g/mol. The van der Waals surface area contributed by atoms with Crippen LogP contribution >= 0.6 is 0 Å². The predicted octanol–water partition coefficient (Wildman–Crippen LogP) is 2.30. The van der Waals surface area contributed by atoms with Gasteiger partial charge in [0.05, 0.1) is 11.8 Å². The number of hydrogen-bond acceptors (Lipinski definition) is 4. The maximum absolute atomic E-state index is 12.0. The summed E-state index contributed by atoms with van der Waals surface area (Å²) >= 11 is 0. The van der Waals surface area contributed by atoms with E-state index in [9.17, 15) is 9.59 Å². The molecular weight excluding hydrogens is 246 g/mol. The van der Waals surface area contributed by atoms with Crippen LogP contribution < -0.4 is 5.32 Å². The first kappa shape index (κ1) is 15.3. The average Bonchev–Trinajstić information content (AvgIpc) is 2.74. The van der Waals surface area contributed by atoms with Crippen LogP contribution in [0.15, 0.2) is 16.7 Å². The van der Waals surface area contributed by atoms with E-state index in [0.29, 0.717) is 17.7 Å². The second-order valence-corrected chi connectivity index (χ2v) is 5.34. The third-order valence-corrected chi connectivity index (χ3v) is 2.42. The quantitative estimate of drug-likeness (QED) is 0.850. The SMILES string of the molecule is CCc1occc1C(=O)N[C@@H](C)C(=O)OC(C)(C)C. The molecule has 5 heteroatoms. The molecule has 0 aromatic carbocycles. The van der Waals surface area contributed by atoms with Crippen molar-refractivity contribution in [1.82, 2.24) is 5.32 Å². The van der Waals surface area contributed by atoms with E-state index in [4.69, 9.17) is 9.15 Å². The summed E-state index contributed by atoms with van der Waals surface area (Å²) in [5, 5.41) is 2.61. The first-order valence-corrected chi connectivity index (χ1v) is 6.34. The molecule has 0 bridgehead atoms. The van der Waals surface area contributed by atoms with Gasteiger partial charge in [0.2, 0.25) is 0 Å². The van der Waals surface area contributed by atoms with Gasteiger partial charge in [-0.1, -0.05) is 6.92 Å². The van der Waals surface area contributed by atoms with Crippen LogP contribution in [0.4, 0.5) is 0 Å². The summed E-state index contributed by atoms with van der Waals surface area (Å²) in [6.07, 6.45) is 2.09. The number of carbonyl (C=O) groups excluding carboxylic acids is 2. The maximum atomic E-state index is 12.0. The van der Waals surface area contributed by atoms with E-state index in [1.807, 2.05) is 6.92 Å². The molecule has 0 radical (unpaired) electrons. The molecule has 1 aromatic rings. The highest BCUT2D eigenvalue weighted by Gasteiger charge is 2.24. The molecule has 1 amide bonds. The zero-order chi connectivity index (χ0) is 14.6. The molecule has 0 saturated heterocycles. The number of esters is 1. The van der Waals surface area contributed by atoms with Crippen molar-refractivity contribution in [3.8, 4) is 0 Å². The van der Waals surface area contributed by atoms with Gasteiger partial charge in [0.25, 0.3) is 5.91 Å². The van der Waals surface area contributed by atoms with Gasteiger partial charge in [-0.2, -0.15) is 0 Å². The molecule has 0 spiro atoms. The molecule has 1 aromatic heterocycles. The fourth-order valence-corrected chi connectivity index (χ4v) is 1.54. The lowest BCUT2D eigenvalue weighted by molar-refractivity contribution is -0.156. The van der Waals surface area contributed by atoms with Gasteiger partial charge in [-0.3, -0.25) is 4.79 Å². The molecule has 0 saturated carbocycles. The van der Waals surface area contributed by atoms with Gasteiger partial charge < -0.3 is 14.5 Å². The lowest BCUT2D eigenvalue weighted by atomic mass is 10.1. The van der Waals surface area contributed by atoms with Crippen LogP contribution in [0.1, 0.15) is 50.7 Å². The second-order valence-electron chi connectivity index (χ2n) is 5.34. The van der Waals surface area contributed by atoms with E-state index in [1.54, 1.807) is 33.8 Å². The minimum absolute atomic E-state index is 0.330. The van der Waals surface area contributed by atoms with Gasteiger partial charge in [-0.25, -0.2) is 4.79 Å². The predicted molar refractivity (Wildman–Crippen MR) is 70.9 cm³/mol. The number of ether oxygens (including phenoxy) is 1. The van der Waals surface area contributed by atoms with Crippen LogP contribution in [0.5, 0.6) is 0 Å². The summed E-state index contributed by atoms with van der Waals surface area (Å²) in [7, 11) is 0. The molecule has 1 atom stereocenters. The van der Waals surface area contributed by atoms with Crippen LogP contribution in [0.25, 0.3) is 0 Å². The lowest BCUT2D eigenvalue weighted by Gasteiger charge is -2.22. The van der Waals surface area contributed by atoms with Crippen LogP contribution in [-0.2, 0) is 16.0 Å².